The molecule has 0 heterocycles. The summed E-state index contributed by atoms with van der Waals surface area (Å²) in [4.78, 5) is 0. The third-order valence-electron chi connectivity index (χ3n) is 1.62. The van der Waals surface area contributed by atoms with Crippen LogP contribution in [0, 0.1) is 0 Å². The molecule has 0 aromatic carbocycles. The summed E-state index contributed by atoms with van der Waals surface area (Å²) in [5.41, 5.74) is -0.128. The molecule has 0 aromatic rings. The van der Waals surface area contributed by atoms with Gasteiger partial charge in [0.25, 0.3) is 0 Å². The molecule has 0 N–H and O–H groups in total. The summed E-state index contributed by atoms with van der Waals surface area (Å²) in [7, 11) is 0.0414. The van der Waals surface area contributed by atoms with E-state index >= 15 is 0 Å². The van der Waals surface area contributed by atoms with E-state index in [4.69, 9.17) is 13.8 Å². The first-order chi connectivity index (χ1) is 5.96. The third kappa shape index (κ3) is 4.23. The second kappa shape index (κ2) is 5.76. The highest BCUT2D eigenvalue weighted by Gasteiger charge is 2.29. The predicted molar refractivity (Wildman–Crippen MR) is 52.2 cm³/mol. The maximum Gasteiger partial charge on any atom is 0.333 e. The number of rotatable bonds is 6. The first-order valence-corrected chi connectivity index (χ1v) is 5.90. The Morgan fingerprint density at radius 3 is 2.08 bits per heavy atom. The fraction of sp³-hybridized carbons (Fsp3) is 1.00. The lowest BCUT2D eigenvalue weighted by Crippen LogP contribution is -2.16. The molecule has 0 aliphatic rings. The van der Waals surface area contributed by atoms with Crippen molar-refractivity contribution in [3.63, 3.8) is 0 Å². The van der Waals surface area contributed by atoms with Crippen LogP contribution in [-0.2, 0) is 18.3 Å². The van der Waals surface area contributed by atoms with Gasteiger partial charge in [-0.15, -0.1) is 0 Å². The van der Waals surface area contributed by atoms with E-state index in [1.165, 1.54) is 7.11 Å². The summed E-state index contributed by atoms with van der Waals surface area (Å²) in [5, 5.41) is 0. The molecule has 0 radical (unpaired) electrons. The van der Waals surface area contributed by atoms with Gasteiger partial charge >= 0.3 is 7.60 Å². The Hall–Kier alpha value is 0.110. The molecule has 5 heteroatoms. The zero-order chi connectivity index (χ0) is 10.5. The minimum absolute atomic E-state index is 0.128. The average Bonchev–Trinajstić information content (AvgIpc) is 2.04. The van der Waals surface area contributed by atoms with Gasteiger partial charge in [0.2, 0.25) is 0 Å². The van der Waals surface area contributed by atoms with E-state index in [1.807, 2.05) is 13.8 Å². The Kier molecular flexibility index (Phi) is 5.81. The van der Waals surface area contributed by atoms with Crippen molar-refractivity contribution in [2.75, 3.05) is 20.8 Å². The standard InChI is InChI=1S/C8H19O4P/c1-7(2)13(9,11-5)12-8(3)6-10-4/h7-8H,6H2,1-5H3. The lowest BCUT2D eigenvalue weighted by molar-refractivity contribution is 0.0781. The highest BCUT2D eigenvalue weighted by atomic mass is 31.2. The van der Waals surface area contributed by atoms with Crippen LogP contribution in [0.1, 0.15) is 20.8 Å². The molecule has 0 amide bonds. The second-order valence-electron chi connectivity index (χ2n) is 3.19. The highest BCUT2D eigenvalue weighted by Crippen LogP contribution is 2.52. The van der Waals surface area contributed by atoms with Crippen LogP contribution < -0.4 is 0 Å². The molecule has 0 bridgehead atoms. The Labute approximate surface area is 80.1 Å². The summed E-state index contributed by atoms with van der Waals surface area (Å²) in [6.45, 7) is 5.84. The van der Waals surface area contributed by atoms with Gasteiger partial charge in [0.1, 0.15) is 0 Å². The molecule has 0 spiro atoms. The van der Waals surface area contributed by atoms with Crippen molar-refractivity contribution < 1.29 is 18.3 Å². The summed E-state index contributed by atoms with van der Waals surface area (Å²) < 4.78 is 26.9. The fourth-order valence-corrected chi connectivity index (χ4v) is 2.21. The molecule has 0 saturated heterocycles. The van der Waals surface area contributed by atoms with Crippen LogP contribution in [-0.4, -0.2) is 32.6 Å². The summed E-state index contributed by atoms with van der Waals surface area (Å²) in [6.07, 6.45) is -0.210. The van der Waals surface area contributed by atoms with Crippen LogP contribution in [0.2, 0.25) is 0 Å². The Morgan fingerprint density at radius 2 is 1.77 bits per heavy atom. The van der Waals surface area contributed by atoms with Crippen LogP contribution in [0.5, 0.6) is 0 Å². The molecule has 2 unspecified atom stereocenters. The summed E-state index contributed by atoms with van der Waals surface area (Å²) in [5.74, 6) is 0. The number of ether oxygens (including phenoxy) is 1. The predicted octanol–water partition coefficient (Wildman–Crippen LogP) is 2.29. The fourth-order valence-electron chi connectivity index (χ4n) is 0.892. The largest absolute Gasteiger partial charge is 0.382 e. The summed E-state index contributed by atoms with van der Waals surface area (Å²) >= 11 is 0. The van der Waals surface area contributed by atoms with E-state index in [0.717, 1.165) is 0 Å². The van der Waals surface area contributed by atoms with Gasteiger partial charge in [-0.1, -0.05) is 13.8 Å². The van der Waals surface area contributed by atoms with Crippen molar-refractivity contribution in [3.05, 3.63) is 0 Å². The van der Waals surface area contributed by atoms with Gasteiger partial charge in [-0.05, 0) is 6.92 Å². The zero-order valence-electron chi connectivity index (χ0n) is 8.94. The molecule has 0 aromatic heterocycles. The third-order valence-corrected chi connectivity index (χ3v) is 4.04. The quantitative estimate of drug-likeness (QED) is 0.631. The van der Waals surface area contributed by atoms with Gasteiger partial charge < -0.3 is 13.8 Å². The molecule has 0 fully saturated rings. The van der Waals surface area contributed by atoms with E-state index in [0.29, 0.717) is 6.61 Å². The maximum absolute atomic E-state index is 11.9. The molecule has 2 atom stereocenters. The van der Waals surface area contributed by atoms with E-state index in [-0.39, 0.29) is 11.8 Å². The van der Waals surface area contributed by atoms with E-state index in [1.54, 1.807) is 14.0 Å². The molecular weight excluding hydrogens is 191 g/mol. The lowest BCUT2D eigenvalue weighted by Gasteiger charge is -2.23. The smallest absolute Gasteiger partial charge is 0.333 e. The van der Waals surface area contributed by atoms with Crippen LogP contribution in [0.4, 0.5) is 0 Å². The minimum atomic E-state index is -2.94. The SMILES string of the molecule is COCC(C)OP(=O)(OC)C(C)C. The van der Waals surface area contributed by atoms with Crippen molar-refractivity contribution in [1.29, 1.82) is 0 Å². The molecule has 80 valence electrons. The van der Waals surface area contributed by atoms with Crippen LogP contribution in [0.3, 0.4) is 0 Å². The Bertz CT molecular complexity index is 181. The zero-order valence-corrected chi connectivity index (χ0v) is 9.84. The topological polar surface area (TPSA) is 44.8 Å². The molecule has 0 aliphatic heterocycles. The normalized spacial score (nSPS) is 18.6. The van der Waals surface area contributed by atoms with E-state index in [9.17, 15) is 4.57 Å². The van der Waals surface area contributed by atoms with Gasteiger partial charge in [0.05, 0.1) is 18.4 Å². The Morgan fingerprint density at radius 1 is 1.23 bits per heavy atom. The highest BCUT2D eigenvalue weighted by molar-refractivity contribution is 7.54. The van der Waals surface area contributed by atoms with Crippen molar-refractivity contribution >= 4 is 7.60 Å². The Balaban J connectivity index is 4.19. The monoisotopic (exact) mass is 210 g/mol. The molecule has 13 heavy (non-hydrogen) atoms. The minimum Gasteiger partial charge on any atom is -0.382 e. The van der Waals surface area contributed by atoms with Crippen LogP contribution >= 0.6 is 7.60 Å². The van der Waals surface area contributed by atoms with Crippen molar-refractivity contribution in [2.45, 2.75) is 32.5 Å². The average molecular weight is 210 g/mol. The van der Waals surface area contributed by atoms with Gasteiger partial charge in [0, 0.05) is 14.2 Å². The molecular formula is C8H19O4P. The van der Waals surface area contributed by atoms with Gasteiger partial charge in [-0.3, -0.25) is 4.57 Å². The maximum atomic E-state index is 11.9. The van der Waals surface area contributed by atoms with Crippen molar-refractivity contribution in [3.8, 4) is 0 Å². The molecule has 0 saturated carbocycles. The molecule has 0 aliphatic carbocycles. The first kappa shape index (κ1) is 13.1. The van der Waals surface area contributed by atoms with Crippen molar-refractivity contribution in [1.82, 2.24) is 0 Å². The van der Waals surface area contributed by atoms with Gasteiger partial charge in [0.15, 0.2) is 0 Å². The number of methoxy groups -OCH3 is 1. The molecule has 4 nitrogen and oxygen atoms in total. The first-order valence-electron chi connectivity index (χ1n) is 4.29. The van der Waals surface area contributed by atoms with Gasteiger partial charge in [-0.2, -0.15) is 0 Å². The second-order valence-corrected chi connectivity index (χ2v) is 5.88. The summed E-state index contributed by atoms with van der Waals surface area (Å²) in [6, 6.07) is 0. The number of hydrogen-bond donors (Lipinski definition) is 0. The number of hydrogen-bond acceptors (Lipinski definition) is 4. The lowest BCUT2D eigenvalue weighted by atomic mass is 10.5. The van der Waals surface area contributed by atoms with Crippen molar-refractivity contribution in [2.24, 2.45) is 0 Å². The molecule has 0 rings (SSSR count). The van der Waals surface area contributed by atoms with Crippen LogP contribution in [0.15, 0.2) is 0 Å². The van der Waals surface area contributed by atoms with E-state index < -0.39 is 7.60 Å². The van der Waals surface area contributed by atoms with Crippen LogP contribution in [0.25, 0.3) is 0 Å². The van der Waals surface area contributed by atoms with E-state index in [2.05, 4.69) is 0 Å². The van der Waals surface area contributed by atoms with Gasteiger partial charge in [-0.25, -0.2) is 0 Å².